The number of rotatable bonds is 2. The number of hydrogen-bond donors (Lipinski definition) is 2. The van der Waals surface area contributed by atoms with Crippen molar-refractivity contribution in [3.05, 3.63) is 29.5 Å². The lowest BCUT2D eigenvalue weighted by molar-refractivity contribution is 0.0992. The fraction of sp³-hybridized carbons (Fsp3) is 0.250. The molecular weight excluding hydrogens is 218 g/mol. The van der Waals surface area contributed by atoms with E-state index in [2.05, 4.69) is 10.2 Å². The summed E-state index contributed by atoms with van der Waals surface area (Å²) < 4.78 is 0. The Labute approximate surface area is 99.0 Å². The molecule has 5 heteroatoms. The van der Waals surface area contributed by atoms with Crippen molar-refractivity contribution >= 4 is 22.6 Å². The summed E-state index contributed by atoms with van der Waals surface area (Å²) in [5.41, 5.74) is 6.53. The van der Waals surface area contributed by atoms with Gasteiger partial charge >= 0.3 is 0 Å². The van der Waals surface area contributed by atoms with Crippen molar-refractivity contribution in [1.29, 1.82) is 0 Å². The standard InChI is InChI=1S/C10H9N3O2.C2H6/c1-5(14)6-2-3-8-7(4-6)9(10(11)15)13-12-8;1-2/h2-4H,1H3,(H2,11,15)(H,12,13);1-2H3. The minimum Gasteiger partial charge on any atom is -0.364 e. The molecule has 5 nitrogen and oxygen atoms in total. The lowest BCUT2D eigenvalue weighted by Gasteiger charge is -1.95. The molecule has 0 saturated heterocycles. The number of amides is 1. The van der Waals surface area contributed by atoms with Crippen LogP contribution >= 0.6 is 0 Å². The number of benzene rings is 1. The van der Waals surface area contributed by atoms with Crippen LogP contribution in [0.2, 0.25) is 0 Å². The fourth-order valence-corrected chi connectivity index (χ4v) is 1.42. The van der Waals surface area contributed by atoms with E-state index in [4.69, 9.17) is 5.73 Å². The van der Waals surface area contributed by atoms with Gasteiger partial charge in [-0.05, 0) is 25.1 Å². The van der Waals surface area contributed by atoms with Crippen LogP contribution in [0.4, 0.5) is 0 Å². The molecule has 1 aromatic heterocycles. The highest BCUT2D eigenvalue weighted by atomic mass is 16.1. The summed E-state index contributed by atoms with van der Waals surface area (Å²) in [5.74, 6) is -0.671. The number of carbonyl (C=O) groups excluding carboxylic acids is 2. The van der Waals surface area contributed by atoms with Crippen molar-refractivity contribution < 1.29 is 9.59 Å². The molecule has 0 fully saturated rings. The molecular formula is C12H15N3O2. The van der Waals surface area contributed by atoms with Crippen molar-refractivity contribution in [1.82, 2.24) is 10.2 Å². The third-order valence-electron chi connectivity index (χ3n) is 2.20. The molecule has 1 heterocycles. The minimum atomic E-state index is -0.609. The summed E-state index contributed by atoms with van der Waals surface area (Å²) in [6, 6.07) is 4.99. The molecule has 0 aliphatic rings. The maximum Gasteiger partial charge on any atom is 0.269 e. The molecule has 1 amide bonds. The Morgan fingerprint density at radius 3 is 2.47 bits per heavy atom. The molecule has 0 radical (unpaired) electrons. The van der Waals surface area contributed by atoms with E-state index in [1.807, 2.05) is 13.8 Å². The second-order valence-electron chi connectivity index (χ2n) is 3.25. The number of aromatic nitrogens is 2. The summed E-state index contributed by atoms with van der Waals surface area (Å²) in [7, 11) is 0. The lowest BCUT2D eigenvalue weighted by Crippen LogP contribution is -2.11. The van der Waals surface area contributed by atoms with Gasteiger partial charge in [0.2, 0.25) is 0 Å². The number of Topliss-reactive ketones (excluding diaryl/α,β-unsaturated/α-hetero) is 1. The van der Waals surface area contributed by atoms with E-state index < -0.39 is 5.91 Å². The van der Waals surface area contributed by atoms with Gasteiger partial charge in [-0.3, -0.25) is 14.7 Å². The molecule has 90 valence electrons. The predicted molar refractivity (Wildman–Crippen MR) is 66.0 cm³/mol. The van der Waals surface area contributed by atoms with Gasteiger partial charge in [0.25, 0.3) is 5.91 Å². The van der Waals surface area contributed by atoms with E-state index >= 15 is 0 Å². The van der Waals surface area contributed by atoms with E-state index in [9.17, 15) is 9.59 Å². The van der Waals surface area contributed by atoms with E-state index in [1.54, 1.807) is 18.2 Å². The number of fused-ring (bicyclic) bond motifs is 1. The van der Waals surface area contributed by atoms with Crippen molar-refractivity contribution in [2.75, 3.05) is 0 Å². The summed E-state index contributed by atoms with van der Waals surface area (Å²) >= 11 is 0. The number of aromatic amines is 1. The molecule has 2 rings (SSSR count). The zero-order chi connectivity index (χ0) is 13.0. The highest BCUT2D eigenvalue weighted by molar-refractivity contribution is 6.06. The van der Waals surface area contributed by atoms with Crippen LogP contribution in [0.15, 0.2) is 18.2 Å². The largest absolute Gasteiger partial charge is 0.364 e. The molecule has 2 aromatic rings. The number of hydrogen-bond acceptors (Lipinski definition) is 3. The van der Waals surface area contributed by atoms with Crippen LogP contribution in [0.25, 0.3) is 10.9 Å². The second-order valence-corrected chi connectivity index (χ2v) is 3.25. The molecule has 0 bridgehead atoms. The SMILES string of the molecule is CC.CC(=O)c1ccc2[nH]nc(C(N)=O)c2c1. The smallest absolute Gasteiger partial charge is 0.269 e. The van der Waals surface area contributed by atoms with Crippen molar-refractivity contribution in [2.24, 2.45) is 5.73 Å². The minimum absolute atomic E-state index is 0.0616. The van der Waals surface area contributed by atoms with Crippen molar-refractivity contribution in [2.45, 2.75) is 20.8 Å². The number of nitrogens with one attached hydrogen (secondary N) is 1. The summed E-state index contributed by atoms with van der Waals surface area (Å²) in [6.07, 6.45) is 0. The number of primary amides is 1. The average molecular weight is 233 g/mol. The number of nitrogens with zero attached hydrogens (tertiary/aromatic N) is 1. The Hall–Kier alpha value is -2.17. The molecule has 17 heavy (non-hydrogen) atoms. The van der Waals surface area contributed by atoms with Crippen molar-refractivity contribution in [3.8, 4) is 0 Å². The molecule has 0 aliphatic heterocycles. The Balaban J connectivity index is 0.000000686. The first-order chi connectivity index (χ1) is 8.09. The average Bonchev–Trinajstić information content (AvgIpc) is 2.74. The first-order valence-corrected chi connectivity index (χ1v) is 5.38. The second kappa shape index (κ2) is 5.25. The Kier molecular flexibility index (Phi) is 3.98. The first-order valence-electron chi connectivity index (χ1n) is 5.38. The zero-order valence-corrected chi connectivity index (χ0v) is 10.1. The third kappa shape index (κ3) is 2.50. The topological polar surface area (TPSA) is 88.8 Å². The number of nitrogens with two attached hydrogens (primary N) is 1. The molecule has 0 unspecified atom stereocenters. The molecule has 1 aromatic carbocycles. The van der Waals surface area contributed by atoms with Crippen molar-refractivity contribution in [3.63, 3.8) is 0 Å². The van der Waals surface area contributed by atoms with Crippen LogP contribution in [0.3, 0.4) is 0 Å². The van der Waals surface area contributed by atoms with Crippen LogP contribution in [0.5, 0.6) is 0 Å². The maximum atomic E-state index is 11.1. The van der Waals surface area contributed by atoms with Gasteiger partial charge < -0.3 is 5.73 Å². The van der Waals surface area contributed by atoms with Crippen LogP contribution < -0.4 is 5.73 Å². The Morgan fingerprint density at radius 2 is 1.94 bits per heavy atom. The van der Waals surface area contributed by atoms with Gasteiger partial charge in [-0.25, -0.2) is 0 Å². The molecule has 0 atom stereocenters. The van der Waals surface area contributed by atoms with Gasteiger partial charge in [0, 0.05) is 10.9 Å². The molecule has 0 spiro atoms. The van der Waals surface area contributed by atoms with Crippen LogP contribution in [0, 0.1) is 0 Å². The van der Waals surface area contributed by atoms with Crippen LogP contribution in [-0.2, 0) is 0 Å². The van der Waals surface area contributed by atoms with Crippen LogP contribution in [0.1, 0.15) is 41.6 Å². The predicted octanol–water partition coefficient (Wildman–Crippen LogP) is 1.89. The van der Waals surface area contributed by atoms with Gasteiger partial charge in [-0.15, -0.1) is 0 Å². The normalized spacial score (nSPS) is 9.59. The fourth-order valence-electron chi connectivity index (χ4n) is 1.42. The zero-order valence-electron chi connectivity index (χ0n) is 10.1. The maximum absolute atomic E-state index is 11.1. The number of carbonyl (C=O) groups is 2. The highest BCUT2D eigenvalue weighted by Gasteiger charge is 2.11. The summed E-state index contributed by atoms with van der Waals surface area (Å²) in [6.45, 7) is 5.46. The Morgan fingerprint density at radius 1 is 1.29 bits per heavy atom. The quantitative estimate of drug-likeness (QED) is 0.776. The van der Waals surface area contributed by atoms with E-state index in [0.717, 1.165) is 0 Å². The summed E-state index contributed by atoms with van der Waals surface area (Å²) in [4.78, 5) is 22.2. The van der Waals surface area contributed by atoms with Gasteiger partial charge in [0.15, 0.2) is 11.5 Å². The summed E-state index contributed by atoms with van der Waals surface area (Å²) in [5, 5.41) is 7.04. The molecule has 3 N–H and O–H groups in total. The Bertz CT molecular complexity index is 558. The van der Waals surface area contributed by atoms with E-state index in [-0.39, 0.29) is 11.5 Å². The number of ketones is 1. The number of H-pyrrole nitrogens is 1. The van der Waals surface area contributed by atoms with Gasteiger partial charge in [0.1, 0.15) is 0 Å². The third-order valence-corrected chi connectivity index (χ3v) is 2.20. The first kappa shape index (κ1) is 12.9. The van der Waals surface area contributed by atoms with Gasteiger partial charge in [0.05, 0.1) is 5.52 Å². The lowest BCUT2D eigenvalue weighted by atomic mass is 10.1. The van der Waals surface area contributed by atoms with E-state index in [0.29, 0.717) is 16.5 Å². The van der Waals surface area contributed by atoms with Gasteiger partial charge in [-0.1, -0.05) is 13.8 Å². The van der Waals surface area contributed by atoms with Crippen LogP contribution in [-0.4, -0.2) is 21.9 Å². The van der Waals surface area contributed by atoms with E-state index in [1.165, 1.54) is 6.92 Å². The molecule has 0 saturated carbocycles. The molecule has 0 aliphatic carbocycles. The highest BCUT2D eigenvalue weighted by Crippen LogP contribution is 2.17. The monoisotopic (exact) mass is 233 g/mol. The van der Waals surface area contributed by atoms with Gasteiger partial charge in [-0.2, -0.15) is 5.10 Å².